The number of hydrogen-bond donors (Lipinski definition) is 1. The topological polar surface area (TPSA) is 33.1 Å². The van der Waals surface area contributed by atoms with Gasteiger partial charge in [0.1, 0.15) is 0 Å². The highest BCUT2D eigenvalue weighted by Gasteiger charge is 2.14. The second kappa shape index (κ2) is 5.11. The number of aromatic nitrogens is 1. The maximum atomic E-state index is 9.86. The van der Waals surface area contributed by atoms with Crippen molar-refractivity contribution in [3.8, 4) is 0 Å². The van der Waals surface area contributed by atoms with Crippen LogP contribution in [0.15, 0.2) is 18.3 Å². The summed E-state index contributed by atoms with van der Waals surface area (Å²) in [5.74, 6) is 0.344. The molecule has 0 saturated carbocycles. The summed E-state index contributed by atoms with van der Waals surface area (Å²) in [5, 5.41) is 9.86. The zero-order valence-electron chi connectivity index (χ0n) is 9.20. The van der Waals surface area contributed by atoms with Gasteiger partial charge in [0.15, 0.2) is 0 Å². The number of nitrogens with zero attached hydrogens (tertiary/aromatic N) is 1. The first-order chi connectivity index (χ1) is 6.65. The average molecular weight is 193 g/mol. The largest absolute Gasteiger partial charge is 0.392 e. The molecule has 0 radical (unpaired) electrons. The molecule has 1 N–H and O–H groups in total. The Hall–Kier alpha value is -0.890. The lowest BCUT2D eigenvalue weighted by molar-refractivity contribution is 0.113. The predicted molar refractivity (Wildman–Crippen MR) is 58.1 cm³/mol. The first kappa shape index (κ1) is 11.2. The van der Waals surface area contributed by atoms with E-state index < -0.39 is 0 Å². The van der Waals surface area contributed by atoms with E-state index in [0.717, 1.165) is 17.7 Å². The van der Waals surface area contributed by atoms with Gasteiger partial charge in [0.2, 0.25) is 0 Å². The van der Waals surface area contributed by atoms with Crippen LogP contribution < -0.4 is 0 Å². The van der Waals surface area contributed by atoms with Crippen LogP contribution in [-0.2, 0) is 6.42 Å². The van der Waals surface area contributed by atoms with Gasteiger partial charge in [0.05, 0.1) is 6.10 Å². The predicted octanol–water partition coefficient (Wildman–Crippen LogP) is 2.34. The summed E-state index contributed by atoms with van der Waals surface area (Å²) in [7, 11) is 0. The van der Waals surface area contributed by atoms with E-state index in [0.29, 0.717) is 12.3 Å². The van der Waals surface area contributed by atoms with Gasteiger partial charge >= 0.3 is 0 Å². The van der Waals surface area contributed by atoms with Crippen LogP contribution in [0.1, 0.15) is 31.5 Å². The maximum absolute atomic E-state index is 9.86. The van der Waals surface area contributed by atoms with Crippen LogP contribution in [0.3, 0.4) is 0 Å². The van der Waals surface area contributed by atoms with Crippen LogP contribution in [0.4, 0.5) is 0 Å². The minimum absolute atomic E-state index is 0.270. The number of rotatable bonds is 4. The third-order valence-electron chi connectivity index (χ3n) is 2.82. The Morgan fingerprint density at radius 3 is 2.79 bits per heavy atom. The van der Waals surface area contributed by atoms with Gasteiger partial charge in [-0.05, 0) is 24.5 Å². The van der Waals surface area contributed by atoms with Gasteiger partial charge in [0.25, 0.3) is 0 Å². The molecule has 0 aliphatic rings. The van der Waals surface area contributed by atoms with Crippen LogP contribution in [0, 0.1) is 12.8 Å². The Balaban J connectivity index is 2.64. The van der Waals surface area contributed by atoms with Crippen molar-refractivity contribution in [2.75, 3.05) is 0 Å². The fourth-order valence-corrected chi connectivity index (χ4v) is 1.40. The second-order valence-electron chi connectivity index (χ2n) is 3.92. The van der Waals surface area contributed by atoms with Crippen molar-refractivity contribution < 1.29 is 5.11 Å². The number of aryl methyl sites for hydroxylation is 1. The van der Waals surface area contributed by atoms with Crippen molar-refractivity contribution in [1.82, 2.24) is 4.98 Å². The maximum Gasteiger partial charge on any atom is 0.0621 e. The molecule has 0 saturated heterocycles. The highest BCUT2D eigenvalue weighted by atomic mass is 16.3. The van der Waals surface area contributed by atoms with E-state index in [2.05, 4.69) is 18.8 Å². The molecule has 0 aromatic carbocycles. The molecule has 2 nitrogen and oxygen atoms in total. The van der Waals surface area contributed by atoms with Crippen LogP contribution in [-0.4, -0.2) is 16.2 Å². The monoisotopic (exact) mass is 193 g/mol. The average Bonchev–Trinajstić information content (AvgIpc) is 2.20. The quantitative estimate of drug-likeness (QED) is 0.796. The van der Waals surface area contributed by atoms with Crippen LogP contribution in [0.25, 0.3) is 0 Å². The zero-order valence-corrected chi connectivity index (χ0v) is 9.20. The van der Waals surface area contributed by atoms with E-state index in [1.54, 1.807) is 6.20 Å². The zero-order chi connectivity index (χ0) is 10.6. The van der Waals surface area contributed by atoms with Gasteiger partial charge in [-0.2, -0.15) is 0 Å². The van der Waals surface area contributed by atoms with E-state index in [9.17, 15) is 5.11 Å². The van der Waals surface area contributed by atoms with E-state index in [4.69, 9.17) is 0 Å². The van der Waals surface area contributed by atoms with Crippen molar-refractivity contribution in [2.45, 2.75) is 39.7 Å². The van der Waals surface area contributed by atoms with Crippen molar-refractivity contribution in [3.05, 3.63) is 29.6 Å². The Morgan fingerprint density at radius 2 is 2.21 bits per heavy atom. The molecule has 0 amide bonds. The van der Waals surface area contributed by atoms with E-state index >= 15 is 0 Å². The summed E-state index contributed by atoms with van der Waals surface area (Å²) in [6.07, 6.45) is 3.19. The highest BCUT2D eigenvalue weighted by molar-refractivity contribution is 5.18. The summed E-state index contributed by atoms with van der Waals surface area (Å²) >= 11 is 0. The van der Waals surface area contributed by atoms with Crippen LogP contribution in [0.5, 0.6) is 0 Å². The summed E-state index contributed by atoms with van der Waals surface area (Å²) < 4.78 is 0. The SMILES string of the molecule is CCC(C)C(O)Cc1ncccc1C. The molecule has 2 unspecified atom stereocenters. The molecule has 14 heavy (non-hydrogen) atoms. The van der Waals surface area contributed by atoms with Crippen LogP contribution in [0.2, 0.25) is 0 Å². The van der Waals surface area contributed by atoms with Gasteiger partial charge in [-0.25, -0.2) is 0 Å². The lowest BCUT2D eigenvalue weighted by Gasteiger charge is -2.17. The smallest absolute Gasteiger partial charge is 0.0621 e. The van der Waals surface area contributed by atoms with Gasteiger partial charge in [-0.15, -0.1) is 0 Å². The van der Waals surface area contributed by atoms with E-state index in [1.165, 1.54) is 0 Å². The summed E-state index contributed by atoms with van der Waals surface area (Å²) in [4.78, 5) is 4.27. The molecule has 0 fully saturated rings. The molecule has 0 aliphatic heterocycles. The third kappa shape index (κ3) is 2.81. The second-order valence-corrected chi connectivity index (χ2v) is 3.92. The fourth-order valence-electron chi connectivity index (χ4n) is 1.40. The molecule has 2 heteroatoms. The number of pyridine rings is 1. The summed E-state index contributed by atoms with van der Waals surface area (Å²) in [6.45, 7) is 6.20. The van der Waals surface area contributed by atoms with Crippen molar-refractivity contribution in [2.24, 2.45) is 5.92 Å². The summed E-state index contributed by atoms with van der Waals surface area (Å²) in [6, 6.07) is 3.96. The third-order valence-corrected chi connectivity index (χ3v) is 2.82. The van der Waals surface area contributed by atoms with Gasteiger partial charge in [0, 0.05) is 18.3 Å². The summed E-state index contributed by atoms with van der Waals surface area (Å²) in [5.41, 5.74) is 2.18. The first-order valence-corrected chi connectivity index (χ1v) is 5.23. The Labute approximate surface area is 86.0 Å². The molecule has 0 bridgehead atoms. The van der Waals surface area contributed by atoms with Gasteiger partial charge < -0.3 is 5.11 Å². The molecule has 2 atom stereocenters. The Bertz CT molecular complexity index is 285. The molecule has 1 rings (SSSR count). The molecular formula is C12H19NO. The lowest BCUT2D eigenvalue weighted by atomic mass is 9.96. The molecule has 0 spiro atoms. The molecule has 1 aromatic heterocycles. The molecule has 0 aliphatic carbocycles. The molecule has 1 heterocycles. The highest BCUT2D eigenvalue weighted by Crippen LogP contribution is 2.14. The van der Waals surface area contributed by atoms with Crippen molar-refractivity contribution in [1.29, 1.82) is 0 Å². The standard InChI is InChI=1S/C12H19NO/c1-4-9(2)12(14)8-11-10(3)6-5-7-13-11/h5-7,9,12,14H,4,8H2,1-3H3. The number of aliphatic hydroxyl groups excluding tert-OH is 1. The molecular weight excluding hydrogens is 174 g/mol. The van der Waals surface area contributed by atoms with Crippen molar-refractivity contribution >= 4 is 0 Å². The fraction of sp³-hybridized carbons (Fsp3) is 0.583. The van der Waals surface area contributed by atoms with Crippen LogP contribution >= 0.6 is 0 Å². The molecule has 1 aromatic rings. The normalized spacial score (nSPS) is 15.1. The van der Waals surface area contributed by atoms with E-state index in [1.807, 2.05) is 19.1 Å². The Morgan fingerprint density at radius 1 is 1.50 bits per heavy atom. The van der Waals surface area contributed by atoms with Crippen molar-refractivity contribution in [3.63, 3.8) is 0 Å². The lowest BCUT2D eigenvalue weighted by Crippen LogP contribution is -2.20. The minimum Gasteiger partial charge on any atom is -0.392 e. The first-order valence-electron chi connectivity index (χ1n) is 5.23. The molecule has 78 valence electrons. The minimum atomic E-state index is -0.270. The van der Waals surface area contributed by atoms with Gasteiger partial charge in [-0.3, -0.25) is 4.98 Å². The number of aliphatic hydroxyl groups is 1. The Kier molecular flexibility index (Phi) is 4.08. The van der Waals surface area contributed by atoms with E-state index in [-0.39, 0.29) is 6.10 Å². The van der Waals surface area contributed by atoms with Gasteiger partial charge in [-0.1, -0.05) is 26.3 Å². The number of hydrogen-bond acceptors (Lipinski definition) is 2.